The summed E-state index contributed by atoms with van der Waals surface area (Å²) in [4.78, 5) is 16.1. The molecule has 0 aliphatic carbocycles. The van der Waals surface area contributed by atoms with Crippen LogP contribution in [0.1, 0.15) is 23.1 Å². The number of benzene rings is 3. The van der Waals surface area contributed by atoms with Crippen LogP contribution in [-0.2, 0) is 22.8 Å². The maximum atomic E-state index is 13.0. The highest BCUT2D eigenvalue weighted by Gasteiger charge is 2.02. The first kappa shape index (κ1) is 22.2. The van der Waals surface area contributed by atoms with Crippen molar-refractivity contribution in [2.75, 3.05) is 6.54 Å². The summed E-state index contributed by atoms with van der Waals surface area (Å²) < 4.78 is 13.0. The van der Waals surface area contributed by atoms with Crippen molar-refractivity contribution in [2.24, 2.45) is 0 Å². The Labute approximate surface area is 181 Å². The molecular formula is C25H25FN2O3. The summed E-state index contributed by atoms with van der Waals surface area (Å²) in [5, 5.41) is 11.7. The standard InChI is InChI=1S/C25H25FN2O3/c1-18(21-6-2-19(3-7-21)16-27-15-14-25(29)30)28-31-17-20-4-8-22(9-5-20)23-10-12-24(26)13-11-23/h2-13,27-28H,1,14-17H2,(H,29,30). The quantitative estimate of drug-likeness (QED) is 0.309. The maximum Gasteiger partial charge on any atom is 0.304 e. The Hall–Kier alpha value is -3.48. The number of halogens is 1. The van der Waals surface area contributed by atoms with E-state index in [4.69, 9.17) is 9.94 Å². The van der Waals surface area contributed by atoms with Crippen molar-refractivity contribution in [3.05, 3.63) is 102 Å². The molecule has 6 heteroatoms. The van der Waals surface area contributed by atoms with Gasteiger partial charge in [0.15, 0.2) is 0 Å². The maximum absolute atomic E-state index is 13.0. The molecule has 0 aromatic heterocycles. The first-order valence-corrected chi connectivity index (χ1v) is 9.94. The monoisotopic (exact) mass is 420 g/mol. The second-order valence-electron chi connectivity index (χ2n) is 7.09. The Morgan fingerprint density at radius 2 is 1.48 bits per heavy atom. The van der Waals surface area contributed by atoms with Crippen LogP contribution < -0.4 is 10.8 Å². The molecular weight excluding hydrogens is 395 g/mol. The lowest BCUT2D eigenvalue weighted by Crippen LogP contribution is -2.17. The smallest absolute Gasteiger partial charge is 0.304 e. The van der Waals surface area contributed by atoms with Crippen LogP contribution in [0.5, 0.6) is 0 Å². The highest BCUT2D eigenvalue weighted by molar-refractivity contribution is 5.67. The van der Waals surface area contributed by atoms with E-state index in [0.29, 0.717) is 25.4 Å². The van der Waals surface area contributed by atoms with Crippen LogP contribution >= 0.6 is 0 Å². The molecule has 0 amide bonds. The fourth-order valence-electron chi connectivity index (χ4n) is 2.95. The Morgan fingerprint density at radius 1 is 0.903 bits per heavy atom. The van der Waals surface area contributed by atoms with Gasteiger partial charge in [-0.25, -0.2) is 4.39 Å². The van der Waals surface area contributed by atoms with Crippen molar-refractivity contribution < 1.29 is 19.1 Å². The van der Waals surface area contributed by atoms with Gasteiger partial charge in [0, 0.05) is 13.1 Å². The average molecular weight is 420 g/mol. The molecule has 0 heterocycles. The summed E-state index contributed by atoms with van der Waals surface area (Å²) in [6.07, 6.45) is 0.102. The Balaban J connectivity index is 1.43. The molecule has 0 saturated carbocycles. The van der Waals surface area contributed by atoms with Crippen molar-refractivity contribution in [1.82, 2.24) is 10.8 Å². The number of carbonyl (C=O) groups is 1. The zero-order valence-electron chi connectivity index (χ0n) is 17.1. The van der Waals surface area contributed by atoms with Crippen molar-refractivity contribution in [1.29, 1.82) is 0 Å². The van der Waals surface area contributed by atoms with Gasteiger partial charge in [-0.1, -0.05) is 67.2 Å². The number of aliphatic carboxylic acids is 1. The van der Waals surface area contributed by atoms with Crippen LogP contribution in [-0.4, -0.2) is 17.6 Å². The second kappa shape index (κ2) is 11.1. The van der Waals surface area contributed by atoms with Gasteiger partial charge in [0.2, 0.25) is 0 Å². The van der Waals surface area contributed by atoms with E-state index < -0.39 is 5.97 Å². The molecule has 0 aliphatic heterocycles. The van der Waals surface area contributed by atoms with Crippen LogP contribution in [0, 0.1) is 5.82 Å². The minimum Gasteiger partial charge on any atom is -0.481 e. The normalized spacial score (nSPS) is 10.6. The second-order valence-corrected chi connectivity index (χ2v) is 7.09. The number of hydrogen-bond acceptors (Lipinski definition) is 4. The van der Waals surface area contributed by atoms with E-state index in [9.17, 15) is 9.18 Å². The minimum absolute atomic E-state index is 0.102. The molecule has 3 rings (SSSR count). The molecule has 0 atom stereocenters. The van der Waals surface area contributed by atoms with E-state index in [2.05, 4.69) is 17.4 Å². The molecule has 0 radical (unpaired) electrons. The molecule has 0 aliphatic rings. The number of rotatable bonds is 11. The largest absolute Gasteiger partial charge is 0.481 e. The molecule has 0 fully saturated rings. The number of carboxylic acid groups (broad SMARTS) is 1. The summed E-state index contributed by atoms with van der Waals surface area (Å²) in [5.41, 5.74) is 8.44. The van der Waals surface area contributed by atoms with Gasteiger partial charge in [-0.15, -0.1) is 0 Å². The predicted molar refractivity (Wildman–Crippen MR) is 119 cm³/mol. The van der Waals surface area contributed by atoms with Crippen LogP contribution in [0.4, 0.5) is 4.39 Å². The van der Waals surface area contributed by atoms with E-state index in [1.54, 1.807) is 12.1 Å². The van der Waals surface area contributed by atoms with Gasteiger partial charge in [0.1, 0.15) is 5.82 Å². The topological polar surface area (TPSA) is 70.6 Å². The zero-order valence-corrected chi connectivity index (χ0v) is 17.1. The highest BCUT2D eigenvalue weighted by atomic mass is 19.1. The van der Waals surface area contributed by atoms with Gasteiger partial charge in [-0.2, -0.15) is 0 Å². The number of carboxylic acids is 1. The van der Waals surface area contributed by atoms with Crippen LogP contribution in [0.3, 0.4) is 0 Å². The third-order valence-corrected chi connectivity index (χ3v) is 4.71. The van der Waals surface area contributed by atoms with Gasteiger partial charge >= 0.3 is 5.97 Å². The number of nitrogens with one attached hydrogen (secondary N) is 2. The summed E-state index contributed by atoms with van der Waals surface area (Å²) >= 11 is 0. The zero-order chi connectivity index (χ0) is 22.1. The fraction of sp³-hybridized carbons (Fsp3) is 0.160. The number of hydrogen-bond donors (Lipinski definition) is 3. The molecule has 0 bridgehead atoms. The van der Waals surface area contributed by atoms with Gasteiger partial charge in [0.05, 0.1) is 18.7 Å². The van der Waals surface area contributed by atoms with Crippen LogP contribution in [0.2, 0.25) is 0 Å². The fourth-order valence-corrected chi connectivity index (χ4v) is 2.95. The van der Waals surface area contributed by atoms with Crippen molar-refractivity contribution >= 4 is 11.7 Å². The van der Waals surface area contributed by atoms with E-state index >= 15 is 0 Å². The molecule has 5 nitrogen and oxygen atoms in total. The van der Waals surface area contributed by atoms with Gasteiger partial charge < -0.3 is 10.4 Å². The van der Waals surface area contributed by atoms with E-state index in [-0.39, 0.29) is 12.2 Å². The molecule has 0 unspecified atom stereocenters. The lowest BCUT2D eigenvalue weighted by atomic mass is 10.0. The van der Waals surface area contributed by atoms with Crippen molar-refractivity contribution in [3.63, 3.8) is 0 Å². The van der Waals surface area contributed by atoms with E-state index in [1.807, 2.05) is 48.5 Å². The lowest BCUT2D eigenvalue weighted by Gasteiger charge is -2.11. The molecule has 3 N–H and O–H groups in total. The Bertz CT molecular complexity index is 1000. The average Bonchev–Trinajstić information content (AvgIpc) is 2.78. The lowest BCUT2D eigenvalue weighted by molar-refractivity contribution is -0.136. The van der Waals surface area contributed by atoms with Crippen molar-refractivity contribution in [2.45, 2.75) is 19.6 Å². The van der Waals surface area contributed by atoms with Crippen LogP contribution in [0.15, 0.2) is 79.4 Å². The minimum atomic E-state index is -0.811. The van der Waals surface area contributed by atoms with Gasteiger partial charge in [-0.3, -0.25) is 15.1 Å². The number of hydroxylamine groups is 1. The predicted octanol–water partition coefficient (Wildman–Crippen LogP) is 4.75. The molecule has 160 valence electrons. The Kier molecular flexibility index (Phi) is 7.92. The SMILES string of the molecule is C=C(NOCc1ccc(-c2ccc(F)cc2)cc1)c1ccc(CNCCC(=O)O)cc1. The summed E-state index contributed by atoms with van der Waals surface area (Å²) in [7, 11) is 0. The summed E-state index contributed by atoms with van der Waals surface area (Å²) in [6.45, 7) is 5.41. The Morgan fingerprint density at radius 3 is 2.10 bits per heavy atom. The summed E-state index contributed by atoms with van der Waals surface area (Å²) in [5.74, 6) is -1.06. The van der Waals surface area contributed by atoms with Crippen LogP contribution in [0.25, 0.3) is 16.8 Å². The van der Waals surface area contributed by atoms with Gasteiger partial charge in [-0.05, 0) is 39.9 Å². The summed E-state index contributed by atoms with van der Waals surface area (Å²) in [6, 6.07) is 22.1. The highest BCUT2D eigenvalue weighted by Crippen LogP contribution is 2.20. The van der Waals surface area contributed by atoms with E-state index in [0.717, 1.165) is 27.8 Å². The first-order chi connectivity index (χ1) is 15.0. The molecule has 0 spiro atoms. The molecule has 31 heavy (non-hydrogen) atoms. The molecule has 3 aromatic rings. The first-order valence-electron chi connectivity index (χ1n) is 9.94. The molecule has 0 saturated heterocycles. The third kappa shape index (κ3) is 7.06. The van der Waals surface area contributed by atoms with Gasteiger partial charge in [0.25, 0.3) is 0 Å². The third-order valence-electron chi connectivity index (χ3n) is 4.71. The van der Waals surface area contributed by atoms with E-state index in [1.165, 1.54) is 12.1 Å². The molecule has 3 aromatic carbocycles. The van der Waals surface area contributed by atoms with Crippen molar-refractivity contribution in [3.8, 4) is 11.1 Å².